The van der Waals surface area contributed by atoms with Crippen molar-refractivity contribution in [3.05, 3.63) is 55.1 Å². The highest BCUT2D eigenvalue weighted by Gasteiger charge is 2.30. The Bertz CT molecular complexity index is 677. The first kappa shape index (κ1) is 19.1. The Hall–Kier alpha value is -0.240. The van der Waals surface area contributed by atoms with Crippen LogP contribution in [-0.2, 0) is 0 Å². The van der Waals surface area contributed by atoms with Crippen LogP contribution in [0.15, 0.2) is 28.7 Å². The molecular weight excluding hydrogens is 429 g/mol. The summed E-state index contributed by atoms with van der Waals surface area (Å²) in [6.07, 6.45) is 0. The molecule has 1 saturated heterocycles. The zero-order valence-corrected chi connectivity index (χ0v) is 16.0. The lowest BCUT2D eigenvalue weighted by atomic mass is 10.0. The van der Waals surface area contributed by atoms with Crippen molar-refractivity contribution in [2.75, 3.05) is 26.2 Å². The molecule has 126 valence electrons. The van der Waals surface area contributed by atoms with Crippen LogP contribution in [0.2, 0.25) is 4.34 Å². The van der Waals surface area contributed by atoms with Crippen molar-refractivity contribution in [3.8, 4) is 0 Å². The highest BCUT2D eigenvalue weighted by Crippen LogP contribution is 2.39. The largest absolute Gasteiger partial charge is 0.314 e. The molecule has 0 spiro atoms. The van der Waals surface area contributed by atoms with Gasteiger partial charge in [0.05, 0.1) is 14.9 Å². The van der Waals surface area contributed by atoms with E-state index in [2.05, 4.69) is 26.1 Å². The Morgan fingerprint density at radius 3 is 2.48 bits per heavy atom. The molecule has 1 aliphatic heterocycles. The number of halogens is 5. The van der Waals surface area contributed by atoms with Gasteiger partial charge >= 0.3 is 0 Å². The van der Waals surface area contributed by atoms with Crippen LogP contribution in [0, 0.1) is 11.6 Å². The van der Waals surface area contributed by atoms with E-state index in [0.717, 1.165) is 31.1 Å². The Morgan fingerprint density at radius 1 is 1.17 bits per heavy atom. The third kappa shape index (κ3) is 4.06. The lowest BCUT2D eigenvalue weighted by Crippen LogP contribution is -2.45. The smallest absolute Gasteiger partial charge is 0.145 e. The van der Waals surface area contributed by atoms with Crippen molar-refractivity contribution in [3.63, 3.8) is 0 Å². The Kier molecular flexibility index (Phi) is 6.83. The van der Waals surface area contributed by atoms with Crippen molar-refractivity contribution < 1.29 is 8.78 Å². The molecule has 23 heavy (non-hydrogen) atoms. The first-order valence-corrected chi connectivity index (χ1v) is 8.90. The second-order valence-electron chi connectivity index (χ2n) is 5.09. The second-order valence-corrected chi connectivity index (χ2v) is 7.69. The summed E-state index contributed by atoms with van der Waals surface area (Å²) in [6.45, 7) is 3.05. The van der Waals surface area contributed by atoms with Crippen molar-refractivity contribution in [1.82, 2.24) is 10.2 Å². The number of thiophene rings is 1. The summed E-state index contributed by atoms with van der Waals surface area (Å²) in [5.41, 5.74) is 0.0785. The van der Waals surface area contributed by atoms with Gasteiger partial charge in [-0.15, -0.1) is 23.7 Å². The highest BCUT2D eigenvalue weighted by atomic mass is 79.9. The van der Waals surface area contributed by atoms with Crippen LogP contribution in [0.5, 0.6) is 0 Å². The Balaban J connectivity index is 0.00000192. The van der Waals surface area contributed by atoms with E-state index in [-0.39, 0.29) is 22.4 Å². The second kappa shape index (κ2) is 8.23. The maximum absolute atomic E-state index is 14.6. The fraction of sp³-hybridized carbons (Fsp3) is 0.333. The van der Waals surface area contributed by atoms with Crippen LogP contribution in [0.1, 0.15) is 16.5 Å². The summed E-state index contributed by atoms with van der Waals surface area (Å²) < 4.78 is 29.9. The average molecular weight is 444 g/mol. The number of nitrogens with one attached hydrogen (secondary N) is 1. The third-order valence-corrected chi connectivity index (χ3v) is 5.63. The molecule has 1 aliphatic rings. The number of hydrogen-bond acceptors (Lipinski definition) is 3. The zero-order chi connectivity index (χ0) is 15.7. The predicted octanol–water partition coefficient (Wildman–Crippen LogP) is 4.86. The van der Waals surface area contributed by atoms with Crippen LogP contribution < -0.4 is 5.32 Å². The summed E-state index contributed by atoms with van der Waals surface area (Å²) in [6, 6.07) is 5.85. The molecule has 0 bridgehead atoms. The van der Waals surface area contributed by atoms with E-state index in [9.17, 15) is 8.78 Å². The molecule has 1 fully saturated rings. The average Bonchev–Trinajstić information content (AvgIpc) is 2.94. The molecule has 0 radical (unpaired) electrons. The molecule has 1 aromatic heterocycles. The molecule has 2 heterocycles. The summed E-state index contributed by atoms with van der Waals surface area (Å²) in [5, 5.41) is 3.26. The molecule has 0 unspecified atom stereocenters. The van der Waals surface area contributed by atoms with Gasteiger partial charge in [-0.25, -0.2) is 8.78 Å². The van der Waals surface area contributed by atoms with Crippen LogP contribution in [0.25, 0.3) is 0 Å². The maximum atomic E-state index is 14.6. The van der Waals surface area contributed by atoms with Gasteiger partial charge in [-0.2, -0.15) is 0 Å². The lowest BCUT2D eigenvalue weighted by Gasteiger charge is -2.35. The van der Waals surface area contributed by atoms with Gasteiger partial charge in [0.25, 0.3) is 0 Å². The maximum Gasteiger partial charge on any atom is 0.145 e. The molecular formula is C15H15BrCl2F2N2S. The minimum absolute atomic E-state index is 0. The van der Waals surface area contributed by atoms with E-state index in [4.69, 9.17) is 11.6 Å². The van der Waals surface area contributed by atoms with Crippen LogP contribution in [0.4, 0.5) is 8.78 Å². The molecule has 2 aromatic rings. The minimum Gasteiger partial charge on any atom is -0.314 e. The van der Waals surface area contributed by atoms with Crippen molar-refractivity contribution in [1.29, 1.82) is 0 Å². The quantitative estimate of drug-likeness (QED) is 0.681. The minimum atomic E-state index is -0.548. The van der Waals surface area contributed by atoms with Gasteiger partial charge in [0, 0.05) is 36.6 Å². The van der Waals surface area contributed by atoms with Gasteiger partial charge in [-0.3, -0.25) is 4.90 Å². The van der Waals surface area contributed by atoms with Gasteiger partial charge < -0.3 is 5.32 Å². The number of rotatable bonds is 3. The summed E-state index contributed by atoms with van der Waals surface area (Å²) in [7, 11) is 0. The predicted molar refractivity (Wildman–Crippen MR) is 96.9 cm³/mol. The number of hydrogen-bond donors (Lipinski definition) is 1. The van der Waals surface area contributed by atoms with E-state index >= 15 is 0 Å². The van der Waals surface area contributed by atoms with E-state index < -0.39 is 17.7 Å². The molecule has 1 N–H and O–H groups in total. The Morgan fingerprint density at radius 2 is 1.87 bits per heavy atom. The van der Waals surface area contributed by atoms with E-state index in [1.54, 1.807) is 6.07 Å². The molecule has 0 aliphatic carbocycles. The van der Waals surface area contributed by atoms with Crippen LogP contribution in [0.3, 0.4) is 0 Å². The van der Waals surface area contributed by atoms with Crippen molar-refractivity contribution in [2.45, 2.75) is 6.04 Å². The SMILES string of the molecule is Cl.Fc1ccc(Br)c(F)c1[C@H](c1ccc(Cl)s1)N1CCNCC1. The first-order chi connectivity index (χ1) is 10.6. The third-order valence-electron chi connectivity index (χ3n) is 3.73. The fourth-order valence-corrected chi connectivity index (χ4v) is 4.27. The summed E-state index contributed by atoms with van der Waals surface area (Å²) in [5.74, 6) is -1.08. The molecule has 3 rings (SSSR count). The van der Waals surface area contributed by atoms with Crippen molar-refractivity contribution >= 4 is 51.3 Å². The van der Waals surface area contributed by atoms with Gasteiger partial charge in [-0.1, -0.05) is 11.6 Å². The fourth-order valence-electron chi connectivity index (χ4n) is 2.71. The Labute approximate surface area is 157 Å². The highest BCUT2D eigenvalue weighted by molar-refractivity contribution is 9.10. The van der Waals surface area contributed by atoms with E-state index in [1.165, 1.54) is 23.5 Å². The standard InChI is InChI=1S/C15H14BrClF2N2S.ClH/c16-9-1-2-10(18)13(14(9)19)15(11-3-4-12(17)22-11)21-7-5-20-6-8-21;/h1-4,15,20H,5-8H2;1H/t15-;/m0./s1. The van der Waals surface area contributed by atoms with E-state index in [0.29, 0.717) is 4.34 Å². The van der Waals surface area contributed by atoms with Gasteiger partial charge in [-0.05, 0) is 40.2 Å². The number of nitrogens with zero attached hydrogens (tertiary/aromatic N) is 1. The molecule has 1 atom stereocenters. The first-order valence-electron chi connectivity index (χ1n) is 6.91. The number of piperazine rings is 1. The molecule has 2 nitrogen and oxygen atoms in total. The van der Waals surface area contributed by atoms with Gasteiger partial charge in [0.15, 0.2) is 0 Å². The lowest BCUT2D eigenvalue weighted by molar-refractivity contribution is 0.194. The van der Waals surface area contributed by atoms with Gasteiger partial charge in [0.1, 0.15) is 11.6 Å². The van der Waals surface area contributed by atoms with Crippen LogP contribution >= 0.6 is 51.3 Å². The normalized spacial score (nSPS) is 16.9. The summed E-state index contributed by atoms with van der Waals surface area (Å²) in [4.78, 5) is 2.94. The topological polar surface area (TPSA) is 15.3 Å². The van der Waals surface area contributed by atoms with Crippen molar-refractivity contribution in [2.24, 2.45) is 0 Å². The summed E-state index contributed by atoms with van der Waals surface area (Å²) >= 11 is 10.6. The zero-order valence-electron chi connectivity index (χ0n) is 12.0. The molecule has 8 heteroatoms. The molecule has 0 amide bonds. The molecule has 1 aromatic carbocycles. The van der Waals surface area contributed by atoms with E-state index in [1.807, 2.05) is 6.07 Å². The number of benzene rings is 1. The monoisotopic (exact) mass is 442 g/mol. The van der Waals surface area contributed by atoms with Gasteiger partial charge in [0.2, 0.25) is 0 Å². The molecule has 0 saturated carbocycles. The van der Waals surface area contributed by atoms with Crippen LogP contribution in [-0.4, -0.2) is 31.1 Å².